The Hall–Kier alpha value is -0.830. The summed E-state index contributed by atoms with van der Waals surface area (Å²) >= 11 is 7.99. The van der Waals surface area contributed by atoms with Gasteiger partial charge in [0.25, 0.3) is 0 Å². The third-order valence-electron chi connectivity index (χ3n) is 3.20. The summed E-state index contributed by atoms with van der Waals surface area (Å²) in [6.07, 6.45) is 1.97. The zero-order valence-electron chi connectivity index (χ0n) is 10.7. The molecule has 1 aromatic heterocycles. The van der Waals surface area contributed by atoms with Gasteiger partial charge in [-0.3, -0.25) is 0 Å². The average molecular weight is 280 g/mol. The van der Waals surface area contributed by atoms with Gasteiger partial charge in [-0.1, -0.05) is 30.7 Å². The van der Waals surface area contributed by atoms with Crippen molar-refractivity contribution in [2.75, 3.05) is 0 Å². The third kappa shape index (κ3) is 2.94. The first-order chi connectivity index (χ1) is 8.61. The second kappa shape index (κ2) is 5.87. The Morgan fingerprint density at radius 3 is 2.61 bits per heavy atom. The number of nitrogens with two attached hydrogens (primary N) is 1. The average Bonchev–Trinajstić information content (AvgIpc) is 2.80. The lowest BCUT2D eigenvalue weighted by molar-refractivity contribution is 0.725. The summed E-state index contributed by atoms with van der Waals surface area (Å²) < 4.78 is 0. The van der Waals surface area contributed by atoms with Gasteiger partial charge in [0.05, 0.1) is 0 Å². The van der Waals surface area contributed by atoms with Crippen LogP contribution in [0.4, 0.5) is 0 Å². The van der Waals surface area contributed by atoms with E-state index in [9.17, 15) is 0 Å². The highest BCUT2D eigenvalue weighted by Crippen LogP contribution is 2.27. The molecule has 0 fully saturated rings. The molecule has 1 heterocycles. The highest BCUT2D eigenvalue weighted by atomic mass is 35.5. The van der Waals surface area contributed by atoms with Gasteiger partial charge < -0.3 is 5.73 Å². The minimum absolute atomic E-state index is 0.0204. The predicted molar refractivity (Wildman–Crippen MR) is 80.5 cm³/mol. The van der Waals surface area contributed by atoms with Crippen LogP contribution >= 0.6 is 22.9 Å². The van der Waals surface area contributed by atoms with Crippen LogP contribution in [0, 0.1) is 6.92 Å². The molecule has 0 bridgehead atoms. The van der Waals surface area contributed by atoms with Crippen LogP contribution < -0.4 is 5.73 Å². The van der Waals surface area contributed by atoms with E-state index in [-0.39, 0.29) is 6.04 Å². The van der Waals surface area contributed by atoms with Crippen molar-refractivity contribution in [3.05, 3.63) is 56.2 Å². The van der Waals surface area contributed by atoms with E-state index < -0.39 is 0 Å². The molecular weight excluding hydrogens is 262 g/mol. The van der Waals surface area contributed by atoms with Gasteiger partial charge in [0.15, 0.2) is 0 Å². The molecule has 18 heavy (non-hydrogen) atoms. The zero-order valence-corrected chi connectivity index (χ0v) is 12.3. The van der Waals surface area contributed by atoms with Gasteiger partial charge >= 0.3 is 0 Å². The fraction of sp³-hybridized carbons (Fsp3) is 0.333. The standard InChI is InChI=1S/C15H18ClNS/c1-3-11-7-8-12(18-11)9-15(17)13-5-4-6-14(16)10(13)2/h4-8,15H,3,9,17H2,1-2H3. The van der Waals surface area contributed by atoms with Crippen LogP contribution in [0.1, 0.15) is 33.8 Å². The molecular formula is C15H18ClNS. The van der Waals surface area contributed by atoms with Gasteiger partial charge in [-0.15, -0.1) is 11.3 Å². The van der Waals surface area contributed by atoms with Crippen molar-refractivity contribution in [1.29, 1.82) is 0 Å². The van der Waals surface area contributed by atoms with Crippen LogP contribution in [0.25, 0.3) is 0 Å². The van der Waals surface area contributed by atoms with Crippen molar-refractivity contribution in [2.45, 2.75) is 32.7 Å². The van der Waals surface area contributed by atoms with E-state index in [0.29, 0.717) is 0 Å². The lowest BCUT2D eigenvalue weighted by Crippen LogP contribution is -2.14. The topological polar surface area (TPSA) is 26.0 Å². The van der Waals surface area contributed by atoms with Crippen molar-refractivity contribution in [3.63, 3.8) is 0 Å². The van der Waals surface area contributed by atoms with Gasteiger partial charge in [-0.25, -0.2) is 0 Å². The predicted octanol–water partition coefficient (Wildman–Crippen LogP) is 4.51. The van der Waals surface area contributed by atoms with Crippen LogP contribution in [0.2, 0.25) is 5.02 Å². The van der Waals surface area contributed by atoms with E-state index in [1.807, 2.05) is 30.4 Å². The summed E-state index contributed by atoms with van der Waals surface area (Å²) in [6, 6.07) is 10.3. The monoisotopic (exact) mass is 279 g/mol. The molecule has 1 unspecified atom stereocenters. The van der Waals surface area contributed by atoms with E-state index >= 15 is 0 Å². The van der Waals surface area contributed by atoms with Crippen molar-refractivity contribution in [3.8, 4) is 0 Å². The maximum Gasteiger partial charge on any atom is 0.0438 e. The quantitative estimate of drug-likeness (QED) is 0.875. The molecule has 1 atom stereocenters. The molecule has 1 nitrogen and oxygen atoms in total. The molecule has 0 aliphatic rings. The number of benzene rings is 1. The fourth-order valence-corrected chi connectivity index (χ4v) is 3.27. The first-order valence-corrected chi connectivity index (χ1v) is 7.39. The molecule has 2 N–H and O–H groups in total. The second-order valence-electron chi connectivity index (χ2n) is 4.49. The molecule has 2 rings (SSSR count). The Balaban J connectivity index is 2.16. The largest absolute Gasteiger partial charge is 0.324 e. The van der Waals surface area contributed by atoms with Gasteiger partial charge in [0.1, 0.15) is 0 Å². The minimum atomic E-state index is 0.0204. The van der Waals surface area contributed by atoms with Gasteiger partial charge in [-0.2, -0.15) is 0 Å². The van der Waals surface area contributed by atoms with Crippen LogP contribution in [0.5, 0.6) is 0 Å². The van der Waals surface area contributed by atoms with E-state index in [1.54, 1.807) is 0 Å². The summed E-state index contributed by atoms with van der Waals surface area (Å²) in [5.74, 6) is 0. The molecule has 2 aromatic rings. The Labute approximate surface area is 118 Å². The summed E-state index contributed by atoms with van der Waals surface area (Å²) in [7, 11) is 0. The van der Waals surface area contributed by atoms with Crippen LogP contribution in [0.15, 0.2) is 30.3 Å². The summed E-state index contributed by atoms with van der Waals surface area (Å²) in [5.41, 5.74) is 8.54. The van der Waals surface area contributed by atoms with Crippen LogP contribution in [-0.4, -0.2) is 0 Å². The maximum atomic E-state index is 6.30. The van der Waals surface area contributed by atoms with E-state index in [4.69, 9.17) is 17.3 Å². The Kier molecular flexibility index (Phi) is 4.44. The van der Waals surface area contributed by atoms with E-state index in [0.717, 1.165) is 29.0 Å². The lowest BCUT2D eigenvalue weighted by Gasteiger charge is -2.14. The molecule has 0 saturated heterocycles. The smallest absolute Gasteiger partial charge is 0.0438 e. The first-order valence-electron chi connectivity index (χ1n) is 6.20. The van der Waals surface area contributed by atoms with Gasteiger partial charge in [-0.05, 0) is 42.7 Å². The van der Waals surface area contributed by atoms with Crippen molar-refractivity contribution < 1.29 is 0 Å². The highest BCUT2D eigenvalue weighted by molar-refractivity contribution is 7.11. The van der Waals surface area contributed by atoms with Crippen LogP contribution in [0.3, 0.4) is 0 Å². The Bertz CT molecular complexity index is 533. The van der Waals surface area contributed by atoms with Gasteiger partial charge in [0, 0.05) is 27.2 Å². The molecule has 96 valence electrons. The lowest BCUT2D eigenvalue weighted by atomic mass is 9.99. The van der Waals surface area contributed by atoms with Crippen LogP contribution in [-0.2, 0) is 12.8 Å². The van der Waals surface area contributed by atoms with Crippen molar-refractivity contribution >= 4 is 22.9 Å². The number of rotatable bonds is 4. The Morgan fingerprint density at radius 1 is 1.22 bits per heavy atom. The van der Waals surface area contributed by atoms with E-state index in [2.05, 4.69) is 25.1 Å². The molecule has 0 aliphatic carbocycles. The van der Waals surface area contributed by atoms with Gasteiger partial charge in [0.2, 0.25) is 0 Å². The third-order valence-corrected chi connectivity index (χ3v) is 4.86. The Morgan fingerprint density at radius 2 is 1.94 bits per heavy atom. The van der Waals surface area contributed by atoms with Crippen molar-refractivity contribution in [1.82, 2.24) is 0 Å². The minimum Gasteiger partial charge on any atom is -0.324 e. The molecule has 3 heteroatoms. The molecule has 0 aliphatic heterocycles. The maximum absolute atomic E-state index is 6.30. The van der Waals surface area contributed by atoms with Crippen molar-refractivity contribution in [2.24, 2.45) is 5.73 Å². The number of aryl methyl sites for hydroxylation is 1. The van der Waals surface area contributed by atoms with E-state index in [1.165, 1.54) is 9.75 Å². The molecule has 1 aromatic carbocycles. The molecule has 0 amide bonds. The molecule has 0 spiro atoms. The second-order valence-corrected chi connectivity index (χ2v) is 6.15. The number of hydrogen-bond donors (Lipinski definition) is 1. The number of halogens is 1. The SMILES string of the molecule is CCc1ccc(CC(N)c2cccc(Cl)c2C)s1. The highest BCUT2D eigenvalue weighted by Gasteiger charge is 2.12. The summed E-state index contributed by atoms with van der Waals surface area (Å²) in [4.78, 5) is 2.76. The first kappa shape index (κ1) is 13.6. The molecule has 0 radical (unpaired) electrons. The number of hydrogen-bond acceptors (Lipinski definition) is 2. The summed E-state index contributed by atoms with van der Waals surface area (Å²) in [6.45, 7) is 4.21. The normalized spacial score (nSPS) is 12.7. The molecule has 0 saturated carbocycles. The number of thiophene rings is 1. The summed E-state index contributed by atoms with van der Waals surface area (Å²) in [5, 5.41) is 0.795. The zero-order chi connectivity index (χ0) is 13.1. The fourth-order valence-electron chi connectivity index (χ4n) is 2.07.